The third-order valence-electron chi connectivity index (χ3n) is 2.48. The predicted molar refractivity (Wildman–Crippen MR) is 68.5 cm³/mol. The van der Waals surface area contributed by atoms with Gasteiger partial charge in [-0.3, -0.25) is 4.98 Å². The number of rotatable bonds is 4. The average molecular weight is 245 g/mol. The minimum atomic E-state index is 0.411. The summed E-state index contributed by atoms with van der Waals surface area (Å²) in [7, 11) is 1.62. The molecule has 0 aliphatic heterocycles. The van der Waals surface area contributed by atoms with E-state index in [-0.39, 0.29) is 0 Å². The Bertz CT molecular complexity index is 544. The summed E-state index contributed by atoms with van der Waals surface area (Å²) in [4.78, 5) is 12.8. The van der Waals surface area contributed by atoms with E-state index < -0.39 is 0 Å². The highest BCUT2D eigenvalue weighted by atomic mass is 16.5. The maximum absolute atomic E-state index is 5.41. The standard InChI is InChI=1S/C12H15N5O/c1-8-6-14-4-3-10(8)12-15-9(7-18-2)5-11(16-12)17-13/h3-6H,7,13H2,1-2H3,(H,15,16,17). The molecule has 3 N–H and O–H groups in total. The van der Waals surface area contributed by atoms with Crippen LogP contribution in [-0.2, 0) is 11.3 Å². The van der Waals surface area contributed by atoms with Crippen molar-refractivity contribution in [2.75, 3.05) is 12.5 Å². The van der Waals surface area contributed by atoms with Gasteiger partial charge in [-0.25, -0.2) is 15.8 Å². The van der Waals surface area contributed by atoms with Crippen LogP contribution in [0.15, 0.2) is 24.5 Å². The summed E-state index contributed by atoms with van der Waals surface area (Å²) >= 11 is 0. The molecule has 0 saturated heterocycles. The van der Waals surface area contributed by atoms with Gasteiger partial charge in [0, 0.05) is 31.1 Å². The molecule has 18 heavy (non-hydrogen) atoms. The Morgan fingerprint density at radius 3 is 2.89 bits per heavy atom. The zero-order valence-electron chi connectivity index (χ0n) is 10.3. The van der Waals surface area contributed by atoms with Gasteiger partial charge < -0.3 is 10.2 Å². The van der Waals surface area contributed by atoms with Crippen LogP contribution in [0, 0.1) is 6.92 Å². The predicted octanol–water partition coefficient (Wildman–Crippen LogP) is 1.28. The Morgan fingerprint density at radius 1 is 1.39 bits per heavy atom. The number of hydrogen-bond acceptors (Lipinski definition) is 6. The second kappa shape index (κ2) is 5.52. The number of pyridine rings is 1. The van der Waals surface area contributed by atoms with Crippen LogP contribution < -0.4 is 11.3 Å². The summed E-state index contributed by atoms with van der Waals surface area (Å²) < 4.78 is 5.08. The maximum Gasteiger partial charge on any atom is 0.162 e. The van der Waals surface area contributed by atoms with Gasteiger partial charge >= 0.3 is 0 Å². The first-order chi connectivity index (χ1) is 8.74. The number of nitrogens with one attached hydrogen (secondary N) is 1. The molecule has 0 radical (unpaired) electrons. The highest BCUT2D eigenvalue weighted by Crippen LogP contribution is 2.20. The van der Waals surface area contributed by atoms with Gasteiger partial charge in [-0.2, -0.15) is 0 Å². The molecule has 94 valence electrons. The van der Waals surface area contributed by atoms with E-state index in [0.717, 1.165) is 16.8 Å². The van der Waals surface area contributed by atoms with Gasteiger partial charge in [-0.1, -0.05) is 0 Å². The summed E-state index contributed by atoms with van der Waals surface area (Å²) in [5.41, 5.74) is 5.24. The summed E-state index contributed by atoms with van der Waals surface area (Å²) in [5.74, 6) is 6.57. The van der Waals surface area contributed by atoms with Crippen molar-refractivity contribution in [1.82, 2.24) is 15.0 Å². The van der Waals surface area contributed by atoms with Crippen molar-refractivity contribution in [3.63, 3.8) is 0 Å². The average Bonchev–Trinajstić information content (AvgIpc) is 2.39. The van der Waals surface area contributed by atoms with Crippen LogP contribution in [0.2, 0.25) is 0 Å². The fraction of sp³-hybridized carbons (Fsp3) is 0.250. The Kier molecular flexibility index (Phi) is 3.81. The third kappa shape index (κ3) is 2.61. The number of nitrogens with two attached hydrogens (primary N) is 1. The second-order valence-electron chi connectivity index (χ2n) is 3.84. The van der Waals surface area contributed by atoms with Gasteiger partial charge in [0.2, 0.25) is 0 Å². The molecule has 0 aromatic carbocycles. The fourth-order valence-corrected chi connectivity index (χ4v) is 1.64. The topological polar surface area (TPSA) is 86.0 Å². The number of hydrogen-bond donors (Lipinski definition) is 2. The molecular weight excluding hydrogens is 230 g/mol. The highest BCUT2D eigenvalue weighted by molar-refractivity contribution is 5.60. The van der Waals surface area contributed by atoms with Crippen molar-refractivity contribution in [1.29, 1.82) is 0 Å². The fourth-order valence-electron chi connectivity index (χ4n) is 1.64. The lowest BCUT2D eigenvalue weighted by atomic mass is 10.1. The number of aromatic nitrogens is 3. The molecule has 2 aromatic heterocycles. The van der Waals surface area contributed by atoms with Crippen molar-refractivity contribution < 1.29 is 4.74 Å². The lowest BCUT2D eigenvalue weighted by Gasteiger charge is -2.08. The first kappa shape index (κ1) is 12.4. The largest absolute Gasteiger partial charge is 0.378 e. The molecule has 0 atom stereocenters. The van der Waals surface area contributed by atoms with E-state index in [1.807, 2.05) is 13.0 Å². The molecule has 0 unspecified atom stereocenters. The molecular formula is C12H15N5O. The molecule has 0 bridgehead atoms. The number of aryl methyl sites for hydroxylation is 1. The van der Waals surface area contributed by atoms with Gasteiger partial charge in [0.05, 0.1) is 12.3 Å². The van der Waals surface area contributed by atoms with E-state index in [4.69, 9.17) is 10.6 Å². The van der Waals surface area contributed by atoms with Crippen LogP contribution >= 0.6 is 0 Å². The van der Waals surface area contributed by atoms with Crippen LogP contribution in [0.3, 0.4) is 0 Å². The molecule has 0 amide bonds. The van der Waals surface area contributed by atoms with Crippen molar-refractivity contribution in [2.24, 2.45) is 5.84 Å². The quantitative estimate of drug-likeness (QED) is 0.623. The molecule has 0 saturated carbocycles. The monoisotopic (exact) mass is 245 g/mol. The Hall–Kier alpha value is -2.05. The lowest BCUT2D eigenvalue weighted by molar-refractivity contribution is 0.181. The molecule has 2 aromatic rings. The smallest absolute Gasteiger partial charge is 0.162 e. The van der Waals surface area contributed by atoms with E-state index in [1.54, 1.807) is 25.6 Å². The zero-order chi connectivity index (χ0) is 13.0. The molecule has 6 nitrogen and oxygen atoms in total. The van der Waals surface area contributed by atoms with Crippen LogP contribution in [0.4, 0.5) is 5.82 Å². The summed E-state index contributed by atoms with van der Waals surface area (Å²) in [5, 5.41) is 0. The summed E-state index contributed by atoms with van der Waals surface area (Å²) in [6.07, 6.45) is 3.49. The van der Waals surface area contributed by atoms with Gasteiger partial charge in [-0.15, -0.1) is 0 Å². The highest BCUT2D eigenvalue weighted by Gasteiger charge is 2.08. The minimum Gasteiger partial charge on any atom is -0.378 e. The number of hydrazine groups is 1. The van der Waals surface area contributed by atoms with E-state index in [9.17, 15) is 0 Å². The SMILES string of the molecule is COCc1cc(NN)nc(-c2ccncc2C)n1. The number of anilines is 1. The first-order valence-electron chi connectivity index (χ1n) is 5.49. The van der Waals surface area contributed by atoms with Crippen LogP contribution in [-0.4, -0.2) is 22.1 Å². The van der Waals surface area contributed by atoms with Gasteiger partial charge in [0.1, 0.15) is 5.82 Å². The maximum atomic E-state index is 5.41. The van der Waals surface area contributed by atoms with Crippen LogP contribution in [0.1, 0.15) is 11.3 Å². The Labute approximate surface area is 105 Å². The van der Waals surface area contributed by atoms with Crippen molar-refractivity contribution in [3.05, 3.63) is 35.8 Å². The normalized spacial score (nSPS) is 10.4. The summed E-state index contributed by atoms with van der Waals surface area (Å²) in [6, 6.07) is 3.63. The molecule has 2 heterocycles. The van der Waals surface area contributed by atoms with Crippen LogP contribution in [0.25, 0.3) is 11.4 Å². The van der Waals surface area contributed by atoms with Crippen LogP contribution in [0.5, 0.6) is 0 Å². The summed E-state index contributed by atoms with van der Waals surface area (Å²) in [6.45, 7) is 2.37. The van der Waals surface area contributed by atoms with Crippen molar-refractivity contribution >= 4 is 5.82 Å². The molecule has 0 fully saturated rings. The molecule has 0 aliphatic rings. The first-order valence-corrected chi connectivity index (χ1v) is 5.49. The number of ether oxygens (including phenoxy) is 1. The number of nitrogens with zero attached hydrogens (tertiary/aromatic N) is 3. The van der Waals surface area contributed by atoms with E-state index in [1.165, 1.54) is 0 Å². The second-order valence-corrected chi connectivity index (χ2v) is 3.84. The number of nitrogen functional groups attached to an aromatic ring is 1. The van der Waals surface area contributed by atoms with E-state index in [2.05, 4.69) is 20.4 Å². The molecule has 2 rings (SSSR count). The van der Waals surface area contributed by atoms with E-state index in [0.29, 0.717) is 18.2 Å². The molecule has 0 aliphatic carbocycles. The van der Waals surface area contributed by atoms with Crippen molar-refractivity contribution in [2.45, 2.75) is 13.5 Å². The van der Waals surface area contributed by atoms with E-state index >= 15 is 0 Å². The lowest BCUT2D eigenvalue weighted by Crippen LogP contribution is -2.11. The van der Waals surface area contributed by atoms with Gasteiger partial charge in [-0.05, 0) is 18.6 Å². The Balaban J connectivity index is 2.50. The number of methoxy groups -OCH3 is 1. The third-order valence-corrected chi connectivity index (χ3v) is 2.48. The molecule has 6 heteroatoms. The minimum absolute atomic E-state index is 0.411. The van der Waals surface area contributed by atoms with Gasteiger partial charge in [0.15, 0.2) is 5.82 Å². The Morgan fingerprint density at radius 2 is 2.22 bits per heavy atom. The van der Waals surface area contributed by atoms with Gasteiger partial charge in [0.25, 0.3) is 0 Å². The van der Waals surface area contributed by atoms with Crippen molar-refractivity contribution in [3.8, 4) is 11.4 Å². The zero-order valence-corrected chi connectivity index (χ0v) is 10.3. The molecule has 0 spiro atoms.